The highest BCUT2D eigenvalue weighted by Gasteiger charge is 2.24. The molecule has 1 aliphatic heterocycles. The van der Waals surface area contributed by atoms with Crippen LogP contribution in [0.2, 0.25) is 0 Å². The lowest BCUT2D eigenvalue weighted by Gasteiger charge is -2.14. The van der Waals surface area contributed by atoms with Crippen LogP contribution in [0.15, 0.2) is 30.3 Å². The lowest BCUT2D eigenvalue weighted by atomic mass is 10.1. The van der Waals surface area contributed by atoms with E-state index in [0.29, 0.717) is 11.4 Å². The highest BCUT2D eigenvalue weighted by Crippen LogP contribution is 2.27. The molecule has 0 fully saturated rings. The summed E-state index contributed by atoms with van der Waals surface area (Å²) in [6.07, 6.45) is 2.98. The van der Waals surface area contributed by atoms with E-state index in [-0.39, 0.29) is 0 Å². The van der Waals surface area contributed by atoms with Crippen LogP contribution in [0, 0.1) is 0 Å². The molecule has 0 spiro atoms. The van der Waals surface area contributed by atoms with Crippen molar-refractivity contribution in [3.63, 3.8) is 0 Å². The number of nitrogens with zero attached hydrogens (tertiary/aromatic N) is 2. The number of benzene rings is 1. The van der Waals surface area contributed by atoms with Crippen LogP contribution < -0.4 is 0 Å². The monoisotopic (exact) mass is 242 g/mol. The van der Waals surface area contributed by atoms with Gasteiger partial charge in [-0.2, -0.15) is 0 Å². The van der Waals surface area contributed by atoms with E-state index >= 15 is 0 Å². The molecule has 0 atom stereocenters. The number of fused-ring (bicyclic) bond motifs is 1. The molecule has 2 aromatic rings. The minimum atomic E-state index is -0.894. The molecule has 0 bridgehead atoms. The average Bonchev–Trinajstić information content (AvgIpc) is 2.79. The summed E-state index contributed by atoms with van der Waals surface area (Å²) >= 11 is 0. The van der Waals surface area contributed by atoms with Gasteiger partial charge in [-0.3, -0.25) is 0 Å². The van der Waals surface area contributed by atoms with Gasteiger partial charge in [0, 0.05) is 18.5 Å². The van der Waals surface area contributed by atoms with Gasteiger partial charge in [0.05, 0.1) is 0 Å². The van der Waals surface area contributed by atoms with Crippen molar-refractivity contribution < 1.29 is 9.90 Å². The molecular formula is C14H14N2O2. The van der Waals surface area contributed by atoms with Crippen LogP contribution in [0.4, 0.5) is 0 Å². The predicted octanol–water partition coefficient (Wildman–Crippen LogP) is 2.58. The summed E-state index contributed by atoms with van der Waals surface area (Å²) < 4.78 is 1.86. The van der Waals surface area contributed by atoms with Crippen LogP contribution >= 0.6 is 0 Å². The maximum absolute atomic E-state index is 11.5. The fourth-order valence-corrected chi connectivity index (χ4v) is 2.50. The zero-order chi connectivity index (χ0) is 12.5. The Morgan fingerprint density at radius 2 is 2.00 bits per heavy atom. The Labute approximate surface area is 105 Å². The summed E-state index contributed by atoms with van der Waals surface area (Å²) in [6, 6.07) is 9.53. The van der Waals surface area contributed by atoms with Crippen molar-refractivity contribution >= 4 is 5.97 Å². The van der Waals surface area contributed by atoms with Gasteiger partial charge in [0.2, 0.25) is 0 Å². The standard InChI is InChI=1S/C14H14N2O2/c17-14(18)13-12(10-6-2-1-3-7-10)15-11-8-4-5-9-16(11)13/h1-3,6-7H,4-5,8-9H2,(H,17,18). The third-order valence-electron chi connectivity index (χ3n) is 3.33. The van der Waals surface area contributed by atoms with Gasteiger partial charge >= 0.3 is 5.97 Å². The van der Waals surface area contributed by atoms with Crippen molar-refractivity contribution in [3.8, 4) is 11.3 Å². The van der Waals surface area contributed by atoms with Crippen molar-refractivity contribution in [2.24, 2.45) is 0 Å². The Balaban J connectivity index is 2.20. The van der Waals surface area contributed by atoms with Crippen molar-refractivity contribution in [1.29, 1.82) is 0 Å². The molecule has 4 nitrogen and oxygen atoms in total. The molecule has 3 rings (SSSR count). The van der Waals surface area contributed by atoms with E-state index in [1.54, 1.807) is 0 Å². The van der Waals surface area contributed by atoms with Crippen LogP contribution in [-0.2, 0) is 13.0 Å². The first kappa shape index (κ1) is 11.0. The number of aromatic nitrogens is 2. The van der Waals surface area contributed by atoms with E-state index in [9.17, 15) is 9.90 Å². The number of imidazole rings is 1. The fourth-order valence-electron chi connectivity index (χ4n) is 2.50. The Morgan fingerprint density at radius 1 is 1.22 bits per heavy atom. The summed E-state index contributed by atoms with van der Waals surface area (Å²) in [5, 5.41) is 9.41. The highest BCUT2D eigenvalue weighted by atomic mass is 16.4. The van der Waals surface area contributed by atoms with E-state index in [1.807, 2.05) is 34.9 Å². The van der Waals surface area contributed by atoms with E-state index in [4.69, 9.17) is 0 Å². The smallest absolute Gasteiger partial charge is 0.354 e. The van der Waals surface area contributed by atoms with E-state index in [2.05, 4.69) is 4.98 Å². The zero-order valence-corrected chi connectivity index (χ0v) is 9.97. The molecule has 2 heterocycles. The molecule has 0 radical (unpaired) electrons. The van der Waals surface area contributed by atoms with Crippen molar-refractivity contribution in [1.82, 2.24) is 9.55 Å². The summed E-state index contributed by atoms with van der Waals surface area (Å²) in [5.74, 6) is 0.00649. The Hall–Kier alpha value is -2.10. The van der Waals surface area contributed by atoms with Crippen LogP contribution in [0.25, 0.3) is 11.3 Å². The van der Waals surface area contributed by atoms with Crippen molar-refractivity contribution in [3.05, 3.63) is 41.9 Å². The lowest BCUT2D eigenvalue weighted by molar-refractivity contribution is 0.0684. The molecule has 1 aromatic carbocycles. The molecule has 0 saturated heterocycles. The van der Waals surface area contributed by atoms with Crippen molar-refractivity contribution in [2.45, 2.75) is 25.8 Å². The summed E-state index contributed by atoms with van der Waals surface area (Å²) in [4.78, 5) is 16.0. The molecular weight excluding hydrogens is 228 g/mol. The maximum atomic E-state index is 11.5. The van der Waals surface area contributed by atoms with Crippen molar-refractivity contribution in [2.75, 3.05) is 0 Å². The lowest BCUT2D eigenvalue weighted by Crippen LogP contribution is -2.15. The topological polar surface area (TPSA) is 55.1 Å². The van der Waals surface area contributed by atoms with Gasteiger partial charge in [0.25, 0.3) is 0 Å². The number of aromatic carboxylic acids is 1. The SMILES string of the molecule is O=C(O)c1c(-c2ccccc2)nc2n1CCCC2. The molecule has 1 N–H and O–H groups in total. The first-order chi connectivity index (χ1) is 8.77. The first-order valence-corrected chi connectivity index (χ1v) is 6.15. The van der Waals surface area contributed by atoms with Gasteiger partial charge in [0.15, 0.2) is 5.69 Å². The molecule has 1 aliphatic rings. The van der Waals surface area contributed by atoms with Crippen LogP contribution in [0.1, 0.15) is 29.2 Å². The molecule has 0 saturated carbocycles. The molecule has 0 amide bonds. The summed E-state index contributed by atoms with van der Waals surface area (Å²) in [5.41, 5.74) is 1.80. The second kappa shape index (κ2) is 4.29. The van der Waals surface area contributed by atoms with Crippen LogP contribution in [0.3, 0.4) is 0 Å². The van der Waals surface area contributed by atoms with Gasteiger partial charge in [-0.25, -0.2) is 9.78 Å². The van der Waals surface area contributed by atoms with Crippen LogP contribution in [0.5, 0.6) is 0 Å². The Morgan fingerprint density at radius 3 is 2.72 bits per heavy atom. The largest absolute Gasteiger partial charge is 0.477 e. The van der Waals surface area contributed by atoms with E-state index < -0.39 is 5.97 Å². The number of rotatable bonds is 2. The molecule has 18 heavy (non-hydrogen) atoms. The Kier molecular flexibility index (Phi) is 2.63. The maximum Gasteiger partial charge on any atom is 0.354 e. The molecule has 92 valence electrons. The summed E-state index contributed by atoms with van der Waals surface area (Å²) in [7, 11) is 0. The number of hydrogen-bond acceptors (Lipinski definition) is 2. The van der Waals surface area contributed by atoms with E-state index in [0.717, 1.165) is 37.2 Å². The second-order valence-electron chi connectivity index (χ2n) is 4.51. The highest BCUT2D eigenvalue weighted by molar-refractivity contribution is 5.93. The van der Waals surface area contributed by atoms with Gasteiger partial charge in [0.1, 0.15) is 11.5 Å². The number of carboxylic acid groups (broad SMARTS) is 1. The first-order valence-electron chi connectivity index (χ1n) is 6.15. The minimum absolute atomic E-state index is 0.330. The molecule has 0 aliphatic carbocycles. The number of hydrogen-bond donors (Lipinski definition) is 1. The van der Waals surface area contributed by atoms with Crippen LogP contribution in [-0.4, -0.2) is 20.6 Å². The molecule has 4 heteroatoms. The normalized spacial score (nSPS) is 14.2. The van der Waals surface area contributed by atoms with E-state index in [1.165, 1.54) is 0 Å². The molecule has 0 unspecified atom stereocenters. The average molecular weight is 242 g/mol. The van der Waals surface area contributed by atoms with Gasteiger partial charge in [-0.05, 0) is 12.8 Å². The van der Waals surface area contributed by atoms with Gasteiger partial charge < -0.3 is 9.67 Å². The number of aryl methyl sites for hydroxylation is 1. The number of carbonyl (C=O) groups is 1. The predicted molar refractivity (Wildman–Crippen MR) is 67.6 cm³/mol. The minimum Gasteiger partial charge on any atom is -0.477 e. The zero-order valence-electron chi connectivity index (χ0n) is 9.97. The quantitative estimate of drug-likeness (QED) is 0.880. The summed E-state index contributed by atoms with van der Waals surface area (Å²) in [6.45, 7) is 0.761. The number of carboxylic acids is 1. The van der Waals surface area contributed by atoms with Gasteiger partial charge in [-0.15, -0.1) is 0 Å². The third kappa shape index (κ3) is 1.70. The van der Waals surface area contributed by atoms with Gasteiger partial charge in [-0.1, -0.05) is 30.3 Å². The molecule has 1 aromatic heterocycles. The second-order valence-corrected chi connectivity index (χ2v) is 4.51. The Bertz CT molecular complexity index is 587. The third-order valence-corrected chi connectivity index (χ3v) is 3.33. The fraction of sp³-hybridized carbons (Fsp3) is 0.286.